The van der Waals surface area contributed by atoms with Gasteiger partial charge in [0, 0.05) is 49.8 Å². The van der Waals surface area contributed by atoms with E-state index in [1.807, 2.05) is 6.07 Å². The Kier molecular flexibility index (Phi) is 5.37. The van der Waals surface area contributed by atoms with E-state index in [0.717, 1.165) is 48.8 Å². The molecule has 154 valence electrons. The Balaban J connectivity index is 1.60. The molecule has 30 heavy (non-hydrogen) atoms. The number of fused-ring (bicyclic) bond motifs is 1. The fourth-order valence-corrected chi connectivity index (χ4v) is 4.08. The van der Waals surface area contributed by atoms with Crippen molar-refractivity contribution in [3.63, 3.8) is 0 Å². The molecule has 4 rings (SSSR count). The Morgan fingerprint density at radius 2 is 1.73 bits per heavy atom. The highest BCUT2D eigenvalue weighted by Gasteiger charge is 2.15. The normalized spacial score (nSPS) is 16.0. The fourth-order valence-electron chi connectivity index (χ4n) is 3.58. The largest absolute Gasteiger partial charge is 0.457 e. The number of allylic oxidation sites excluding steroid dienone is 1. The number of hydrogen-bond donors (Lipinski definition) is 0. The van der Waals surface area contributed by atoms with Crippen LogP contribution in [0.25, 0.3) is 28.2 Å². The summed E-state index contributed by atoms with van der Waals surface area (Å²) in [5, 5.41) is 11.3. The summed E-state index contributed by atoms with van der Waals surface area (Å²) in [6.07, 6.45) is 2.26. The smallest absolute Gasteiger partial charge is 0.185 e. The van der Waals surface area contributed by atoms with Crippen LogP contribution in [0.5, 0.6) is 0 Å². The molecule has 1 aromatic heterocycles. The maximum Gasteiger partial charge on any atom is 0.185 e. The number of rotatable bonds is 4. The van der Waals surface area contributed by atoms with Gasteiger partial charge in [-0.1, -0.05) is 18.2 Å². The Morgan fingerprint density at radius 3 is 2.43 bits per heavy atom. The minimum atomic E-state index is -3.58. The Morgan fingerprint density at radius 1 is 1.03 bits per heavy atom. The highest BCUT2D eigenvalue weighted by Crippen LogP contribution is 2.29. The summed E-state index contributed by atoms with van der Waals surface area (Å²) >= 11 is 0. The molecule has 1 aliphatic heterocycles. The van der Waals surface area contributed by atoms with Crippen LogP contribution in [0.15, 0.2) is 57.9 Å². The first kappa shape index (κ1) is 20.2. The van der Waals surface area contributed by atoms with Gasteiger partial charge in [-0.2, -0.15) is 5.26 Å². The summed E-state index contributed by atoms with van der Waals surface area (Å²) in [5.74, 6) is 0.953. The molecule has 0 radical (unpaired) electrons. The summed E-state index contributed by atoms with van der Waals surface area (Å²) in [7, 11) is -1.43. The number of benzene rings is 2. The minimum Gasteiger partial charge on any atom is -0.457 e. The predicted octanol–water partition coefficient (Wildman–Crippen LogP) is 3.76. The second-order valence-corrected chi connectivity index (χ2v) is 9.62. The first-order chi connectivity index (χ1) is 14.3. The van der Waals surface area contributed by atoms with Crippen LogP contribution < -0.4 is 4.90 Å². The van der Waals surface area contributed by atoms with E-state index in [1.165, 1.54) is 11.8 Å². The van der Waals surface area contributed by atoms with E-state index >= 15 is 0 Å². The highest BCUT2D eigenvalue weighted by molar-refractivity contribution is 7.95. The molecule has 3 aromatic rings. The lowest BCUT2D eigenvalue weighted by molar-refractivity contribution is 0.313. The molecule has 1 aliphatic rings. The van der Waals surface area contributed by atoms with Crippen LogP contribution in [0.2, 0.25) is 0 Å². The third kappa shape index (κ3) is 4.25. The van der Waals surface area contributed by atoms with Crippen molar-refractivity contribution >= 4 is 32.4 Å². The zero-order valence-electron chi connectivity index (χ0n) is 17.0. The van der Waals surface area contributed by atoms with E-state index in [9.17, 15) is 8.42 Å². The van der Waals surface area contributed by atoms with Gasteiger partial charge in [0.25, 0.3) is 0 Å². The molecule has 0 atom stereocenters. The molecule has 0 bridgehead atoms. The monoisotopic (exact) mass is 421 g/mol. The van der Waals surface area contributed by atoms with Crippen molar-refractivity contribution in [2.75, 3.05) is 44.4 Å². The molecule has 0 unspecified atom stereocenters. The lowest BCUT2D eigenvalue weighted by Crippen LogP contribution is -2.44. The molecular formula is C23H23N3O3S. The van der Waals surface area contributed by atoms with Gasteiger partial charge < -0.3 is 14.2 Å². The van der Waals surface area contributed by atoms with Crippen LogP contribution in [0, 0.1) is 11.3 Å². The molecule has 2 heterocycles. The van der Waals surface area contributed by atoms with Gasteiger partial charge in [0.2, 0.25) is 0 Å². The molecule has 0 N–H and O–H groups in total. The summed E-state index contributed by atoms with van der Waals surface area (Å²) in [6, 6.07) is 17.7. The van der Waals surface area contributed by atoms with E-state index in [4.69, 9.17) is 9.68 Å². The standard InChI is InChI=1S/C23H23N3O3S/c1-25-9-11-26(12-10-25)20-6-5-17-13-19(4-3-18(17)14-20)23-8-7-21(29-23)15-22(16-24)30(2,27)28/h3-8,13-15H,9-12H2,1-2H3/b22-15+. The van der Waals surface area contributed by atoms with E-state index < -0.39 is 9.84 Å². The van der Waals surface area contributed by atoms with Gasteiger partial charge in [0.05, 0.1) is 0 Å². The van der Waals surface area contributed by atoms with Crippen molar-refractivity contribution in [3.05, 3.63) is 59.2 Å². The van der Waals surface area contributed by atoms with Crippen molar-refractivity contribution in [1.82, 2.24) is 4.90 Å². The zero-order chi connectivity index (χ0) is 21.3. The topological polar surface area (TPSA) is 77.5 Å². The van der Waals surface area contributed by atoms with E-state index in [1.54, 1.807) is 18.2 Å². The molecule has 6 nitrogen and oxygen atoms in total. The molecule has 0 saturated carbocycles. The first-order valence-corrected chi connectivity index (χ1v) is 11.6. The van der Waals surface area contributed by atoms with Crippen molar-refractivity contribution in [3.8, 4) is 17.4 Å². The van der Waals surface area contributed by atoms with Crippen LogP contribution in [0.4, 0.5) is 5.69 Å². The molecule has 2 aromatic carbocycles. The maximum absolute atomic E-state index is 11.6. The van der Waals surface area contributed by atoms with Crippen molar-refractivity contribution in [1.29, 1.82) is 5.26 Å². The van der Waals surface area contributed by atoms with Crippen LogP contribution in [-0.4, -0.2) is 52.8 Å². The maximum atomic E-state index is 11.6. The van der Waals surface area contributed by atoms with Crippen molar-refractivity contribution in [2.24, 2.45) is 0 Å². The van der Waals surface area contributed by atoms with Gasteiger partial charge >= 0.3 is 0 Å². The van der Waals surface area contributed by atoms with E-state index in [-0.39, 0.29) is 4.91 Å². The Bertz CT molecular complexity index is 1260. The number of nitrogens with zero attached hydrogens (tertiary/aromatic N) is 3. The molecule has 1 saturated heterocycles. The average Bonchev–Trinajstić information content (AvgIpc) is 3.20. The molecule has 0 aliphatic carbocycles. The Hall–Kier alpha value is -3.08. The van der Waals surface area contributed by atoms with Gasteiger partial charge in [-0.15, -0.1) is 0 Å². The SMILES string of the molecule is CN1CCN(c2ccc3cc(-c4ccc(/C=C(\C#N)S(C)(=O)=O)o4)ccc3c2)CC1. The summed E-state index contributed by atoms with van der Waals surface area (Å²) in [5.41, 5.74) is 2.13. The number of hydrogen-bond acceptors (Lipinski definition) is 6. The molecule has 0 spiro atoms. The molecule has 0 amide bonds. The summed E-state index contributed by atoms with van der Waals surface area (Å²) in [6.45, 7) is 4.19. The van der Waals surface area contributed by atoms with Crippen molar-refractivity contribution in [2.45, 2.75) is 0 Å². The predicted molar refractivity (Wildman–Crippen MR) is 120 cm³/mol. The molecule has 1 fully saturated rings. The number of piperazine rings is 1. The zero-order valence-corrected chi connectivity index (χ0v) is 17.8. The summed E-state index contributed by atoms with van der Waals surface area (Å²) in [4.78, 5) is 4.43. The van der Waals surface area contributed by atoms with E-state index in [2.05, 4.69) is 47.2 Å². The fraction of sp³-hybridized carbons (Fsp3) is 0.261. The number of likely N-dealkylation sites (N-methyl/N-ethyl adjacent to an activating group) is 1. The third-order valence-electron chi connectivity index (χ3n) is 5.39. The molecular weight excluding hydrogens is 398 g/mol. The van der Waals surface area contributed by atoms with Gasteiger partial charge in [-0.05, 0) is 48.2 Å². The van der Waals surface area contributed by atoms with Gasteiger partial charge in [0.15, 0.2) is 9.84 Å². The van der Waals surface area contributed by atoms with E-state index in [0.29, 0.717) is 11.5 Å². The Labute approximate surface area is 176 Å². The quantitative estimate of drug-likeness (QED) is 0.597. The van der Waals surface area contributed by atoms with Gasteiger partial charge in [-0.3, -0.25) is 0 Å². The van der Waals surface area contributed by atoms with Crippen molar-refractivity contribution < 1.29 is 12.8 Å². The lowest BCUT2D eigenvalue weighted by atomic mass is 10.0. The van der Waals surface area contributed by atoms with Crippen LogP contribution in [-0.2, 0) is 9.84 Å². The first-order valence-electron chi connectivity index (χ1n) is 9.73. The minimum absolute atomic E-state index is 0.321. The van der Waals surface area contributed by atoms with Crippen LogP contribution >= 0.6 is 0 Å². The number of nitriles is 1. The number of furan rings is 1. The molecule has 7 heteroatoms. The number of anilines is 1. The van der Waals surface area contributed by atoms with Crippen LogP contribution in [0.1, 0.15) is 5.76 Å². The van der Waals surface area contributed by atoms with Gasteiger partial charge in [-0.25, -0.2) is 8.42 Å². The van der Waals surface area contributed by atoms with Gasteiger partial charge in [0.1, 0.15) is 22.5 Å². The second kappa shape index (κ2) is 7.98. The average molecular weight is 422 g/mol. The number of sulfone groups is 1. The van der Waals surface area contributed by atoms with Crippen LogP contribution in [0.3, 0.4) is 0 Å². The highest BCUT2D eigenvalue weighted by atomic mass is 32.2. The lowest BCUT2D eigenvalue weighted by Gasteiger charge is -2.34. The summed E-state index contributed by atoms with van der Waals surface area (Å²) < 4.78 is 29.0. The third-order valence-corrected chi connectivity index (χ3v) is 6.39. The second-order valence-electron chi connectivity index (χ2n) is 7.63.